The van der Waals surface area contributed by atoms with Crippen LogP contribution in [-0.2, 0) is 17.4 Å². The van der Waals surface area contributed by atoms with Crippen molar-refractivity contribution in [2.75, 3.05) is 13.1 Å². The molecule has 0 aromatic carbocycles. The van der Waals surface area contributed by atoms with E-state index >= 15 is 0 Å². The minimum atomic E-state index is -0.00206. The topological polar surface area (TPSA) is 53.9 Å². The molecule has 1 saturated heterocycles. The lowest BCUT2D eigenvalue weighted by molar-refractivity contribution is 0.0632. The highest BCUT2D eigenvalue weighted by Crippen LogP contribution is 2.44. The van der Waals surface area contributed by atoms with E-state index in [2.05, 4.69) is 35.5 Å². The predicted molar refractivity (Wildman–Crippen MR) is 93.2 cm³/mol. The monoisotopic (exact) mass is 326 g/mol. The number of likely N-dealkylation sites (tertiary alicyclic amines) is 1. The number of amides is 1. The minimum Gasteiger partial charge on any atom is -0.348 e. The van der Waals surface area contributed by atoms with Crippen LogP contribution in [0.1, 0.15) is 61.6 Å². The van der Waals surface area contributed by atoms with Crippen LogP contribution >= 0.6 is 0 Å². The van der Waals surface area contributed by atoms with Gasteiger partial charge in [-0.25, -0.2) is 0 Å². The maximum absolute atomic E-state index is 13.0. The standard InChI is InChI=1S/C19H26N4O/c1-18(2,3)23-10-6-15(12-23)17(24)22-9-4-7-19(13-22)8-5-14-11-20-21-16(14)19/h6,10-12H,4-5,7-9,13H2,1-3H3,(H,20,21). The summed E-state index contributed by atoms with van der Waals surface area (Å²) in [5, 5.41) is 7.43. The van der Waals surface area contributed by atoms with Crippen LogP contribution in [0, 0.1) is 0 Å². The zero-order valence-electron chi connectivity index (χ0n) is 14.8. The fourth-order valence-electron chi connectivity index (χ4n) is 4.29. The number of piperidine rings is 1. The van der Waals surface area contributed by atoms with Gasteiger partial charge in [0.2, 0.25) is 0 Å². The highest BCUT2D eigenvalue weighted by molar-refractivity contribution is 5.94. The van der Waals surface area contributed by atoms with Crippen LogP contribution in [0.4, 0.5) is 0 Å². The summed E-state index contributed by atoms with van der Waals surface area (Å²) in [6.07, 6.45) is 10.4. The molecule has 0 saturated carbocycles. The molecule has 4 rings (SSSR count). The Hall–Kier alpha value is -2.04. The molecule has 1 fully saturated rings. The Morgan fingerprint density at radius 2 is 2.17 bits per heavy atom. The smallest absolute Gasteiger partial charge is 0.255 e. The molecule has 1 aliphatic carbocycles. The molecule has 1 N–H and O–H groups in total. The first-order chi connectivity index (χ1) is 11.4. The third-order valence-corrected chi connectivity index (χ3v) is 5.70. The molecule has 2 aromatic rings. The van der Waals surface area contributed by atoms with E-state index in [1.165, 1.54) is 11.3 Å². The lowest BCUT2D eigenvalue weighted by Crippen LogP contribution is -2.47. The van der Waals surface area contributed by atoms with E-state index in [0.29, 0.717) is 0 Å². The minimum absolute atomic E-state index is 0.00206. The quantitative estimate of drug-likeness (QED) is 0.875. The summed E-state index contributed by atoms with van der Waals surface area (Å²) < 4.78 is 2.11. The molecule has 2 aromatic heterocycles. The number of H-pyrrole nitrogens is 1. The van der Waals surface area contributed by atoms with Gasteiger partial charge in [0.1, 0.15) is 0 Å². The summed E-state index contributed by atoms with van der Waals surface area (Å²) in [5.74, 6) is 0.157. The van der Waals surface area contributed by atoms with Gasteiger partial charge in [0, 0.05) is 42.1 Å². The van der Waals surface area contributed by atoms with Crippen LogP contribution < -0.4 is 0 Å². The predicted octanol–water partition coefficient (Wildman–Crippen LogP) is 3.09. The normalized spacial score (nSPS) is 23.7. The molecule has 128 valence electrons. The Morgan fingerprint density at radius 3 is 2.92 bits per heavy atom. The zero-order valence-corrected chi connectivity index (χ0v) is 14.8. The molecular weight excluding hydrogens is 300 g/mol. The maximum Gasteiger partial charge on any atom is 0.255 e. The van der Waals surface area contributed by atoms with Crippen molar-refractivity contribution in [3.8, 4) is 0 Å². The SMILES string of the molecule is CC(C)(C)n1ccc(C(=O)N2CCCC3(CCc4cn[nH]c43)C2)c1. The number of carbonyl (C=O) groups excluding carboxylic acids is 1. The van der Waals surface area contributed by atoms with Crippen LogP contribution in [0.5, 0.6) is 0 Å². The summed E-state index contributed by atoms with van der Waals surface area (Å²) >= 11 is 0. The molecular formula is C19H26N4O. The van der Waals surface area contributed by atoms with Crippen molar-refractivity contribution in [3.05, 3.63) is 41.5 Å². The summed E-state index contributed by atoms with van der Waals surface area (Å²) in [7, 11) is 0. The number of aryl methyl sites for hydroxylation is 1. The molecule has 0 radical (unpaired) electrons. The van der Waals surface area contributed by atoms with Gasteiger partial charge in [-0.3, -0.25) is 9.89 Å². The highest BCUT2D eigenvalue weighted by atomic mass is 16.2. The van der Waals surface area contributed by atoms with Gasteiger partial charge in [0.15, 0.2) is 0 Å². The summed E-state index contributed by atoms with van der Waals surface area (Å²) in [4.78, 5) is 15.1. The fraction of sp³-hybridized carbons (Fsp3) is 0.579. The molecule has 24 heavy (non-hydrogen) atoms. The second-order valence-corrected chi connectivity index (χ2v) is 8.36. The summed E-state index contributed by atoms with van der Waals surface area (Å²) in [6, 6.07) is 1.95. The number of carbonyl (C=O) groups is 1. The average molecular weight is 326 g/mol. The second kappa shape index (κ2) is 5.23. The molecule has 5 nitrogen and oxygen atoms in total. The number of aromatic nitrogens is 3. The third-order valence-electron chi connectivity index (χ3n) is 5.70. The number of fused-ring (bicyclic) bond motifs is 2. The van der Waals surface area contributed by atoms with Crippen LogP contribution in [0.25, 0.3) is 0 Å². The van der Waals surface area contributed by atoms with Crippen molar-refractivity contribution in [1.29, 1.82) is 0 Å². The molecule has 1 amide bonds. The van der Waals surface area contributed by atoms with Crippen molar-refractivity contribution in [2.45, 2.75) is 57.4 Å². The number of rotatable bonds is 1. The van der Waals surface area contributed by atoms with Gasteiger partial charge in [0.05, 0.1) is 11.8 Å². The Morgan fingerprint density at radius 1 is 1.33 bits per heavy atom. The zero-order chi connectivity index (χ0) is 16.9. The number of hydrogen-bond acceptors (Lipinski definition) is 2. The Kier molecular flexibility index (Phi) is 3.37. The molecule has 1 spiro atoms. The van der Waals surface area contributed by atoms with Gasteiger partial charge < -0.3 is 9.47 Å². The van der Waals surface area contributed by atoms with E-state index < -0.39 is 0 Å². The van der Waals surface area contributed by atoms with Gasteiger partial charge >= 0.3 is 0 Å². The summed E-state index contributed by atoms with van der Waals surface area (Å²) in [6.45, 7) is 8.10. The van der Waals surface area contributed by atoms with E-state index in [0.717, 1.165) is 44.3 Å². The molecule has 3 heterocycles. The first-order valence-electron chi connectivity index (χ1n) is 8.90. The Bertz CT molecular complexity index is 766. The maximum atomic E-state index is 13.0. The third kappa shape index (κ3) is 2.38. The first kappa shape index (κ1) is 15.5. The molecule has 1 unspecified atom stereocenters. The molecule has 2 aliphatic rings. The van der Waals surface area contributed by atoms with Gasteiger partial charge in [-0.1, -0.05) is 0 Å². The van der Waals surface area contributed by atoms with Gasteiger partial charge in [-0.15, -0.1) is 0 Å². The lowest BCUT2D eigenvalue weighted by atomic mass is 9.77. The fourth-order valence-corrected chi connectivity index (χ4v) is 4.29. The Labute approximate surface area is 143 Å². The van der Waals surface area contributed by atoms with E-state index in [1.54, 1.807) is 0 Å². The number of hydrogen-bond donors (Lipinski definition) is 1. The molecule has 1 atom stereocenters. The molecule has 1 aliphatic heterocycles. The van der Waals surface area contributed by atoms with E-state index in [4.69, 9.17) is 0 Å². The van der Waals surface area contributed by atoms with Crippen molar-refractivity contribution in [1.82, 2.24) is 19.7 Å². The van der Waals surface area contributed by atoms with Crippen molar-refractivity contribution in [2.24, 2.45) is 0 Å². The van der Waals surface area contributed by atoms with Gasteiger partial charge in [0.25, 0.3) is 5.91 Å². The largest absolute Gasteiger partial charge is 0.348 e. The lowest BCUT2D eigenvalue weighted by Gasteiger charge is -2.40. The first-order valence-corrected chi connectivity index (χ1v) is 8.90. The molecule has 5 heteroatoms. The van der Waals surface area contributed by atoms with Crippen LogP contribution in [0.15, 0.2) is 24.7 Å². The second-order valence-electron chi connectivity index (χ2n) is 8.36. The molecule has 0 bridgehead atoms. The number of nitrogens with zero attached hydrogens (tertiary/aromatic N) is 3. The van der Waals surface area contributed by atoms with E-state index in [-0.39, 0.29) is 16.9 Å². The van der Waals surface area contributed by atoms with Crippen LogP contribution in [0.3, 0.4) is 0 Å². The number of nitrogens with one attached hydrogen (secondary N) is 1. The van der Waals surface area contributed by atoms with E-state index in [9.17, 15) is 4.79 Å². The van der Waals surface area contributed by atoms with Gasteiger partial charge in [-0.05, 0) is 58.1 Å². The Balaban J connectivity index is 1.57. The van der Waals surface area contributed by atoms with Crippen molar-refractivity contribution in [3.63, 3.8) is 0 Å². The van der Waals surface area contributed by atoms with Crippen LogP contribution in [0.2, 0.25) is 0 Å². The average Bonchev–Trinajstić information content (AvgIpc) is 3.25. The van der Waals surface area contributed by atoms with Gasteiger partial charge in [-0.2, -0.15) is 5.10 Å². The highest BCUT2D eigenvalue weighted by Gasteiger charge is 2.44. The van der Waals surface area contributed by atoms with Crippen molar-refractivity contribution >= 4 is 5.91 Å². The summed E-state index contributed by atoms with van der Waals surface area (Å²) in [5.41, 5.74) is 3.49. The number of aromatic amines is 1. The van der Waals surface area contributed by atoms with Crippen molar-refractivity contribution < 1.29 is 4.79 Å². The van der Waals surface area contributed by atoms with Crippen LogP contribution in [-0.4, -0.2) is 38.7 Å². The van der Waals surface area contributed by atoms with E-state index in [1.807, 2.05) is 29.6 Å².